The van der Waals surface area contributed by atoms with Crippen molar-refractivity contribution in [1.82, 2.24) is 0 Å². The van der Waals surface area contributed by atoms with E-state index in [4.69, 9.17) is 27.9 Å². The molecule has 0 radical (unpaired) electrons. The summed E-state index contributed by atoms with van der Waals surface area (Å²) in [7, 11) is -4.20. The molecule has 2 aromatic carbocycles. The minimum atomic E-state index is -4.75. The number of hydrogen-bond acceptors (Lipinski definition) is 5. The molecular weight excluding hydrogens is 496 g/mol. The number of carbonyl (C=O) groups is 2. The van der Waals surface area contributed by atoms with Crippen LogP contribution in [-0.4, -0.2) is 39.7 Å². The normalized spacial score (nSPS) is 11.7. The average molecular weight is 513 g/mol. The Balaban J connectivity index is 2.34. The van der Waals surface area contributed by atoms with E-state index in [0.29, 0.717) is 16.4 Å². The van der Waals surface area contributed by atoms with Crippen LogP contribution in [-0.2, 0) is 25.7 Å². The molecule has 0 saturated heterocycles. The summed E-state index contributed by atoms with van der Waals surface area (Å²) in [4.78, 5) is 24.4. The highest BCUT2D eigenvalue weighted by molar-refractivity contribution is 7.92. The van der Waals surface area contributed by atoms with Crippen molar-refractivity contribution in [1.29, 1.82) is 0 Å². The molecule has 0 bridgehead atoms. The van der Waals surface area contributed by atoms with Gasteiger partial charge in [0.05, 0.1) is 39.7 Å². The molecule has 0 spiro atoms. The number of benzene rings is 2. The van der Waals surface area contributed by atoms with Crippen LogP contribution in [0.2, 0.25) is 10.0 Å². The SMILES string of the molecule is CCOC(=O)c1cc(NC(=O)CN(c2cc(C(F)(F)F)ccc2Cl)S(C)(=O)=O)ccc1Cl. The Kier molecular flexibility index (Phi) is 8.02. The molecule has 1 N–H and O–H groups in total. The lowest BCUT2D eigenvalue weighted by molar-refractivity contribution is -0.137. The topological polar surface area (TPSA) is 92.8 Å². The lowest BCUT2D eigenvalue weighted by atomic mass is 10.2. The Morgan fingerprint density at radius 2 is 1.72 bits per heavy atom. The standard InChI is InChI=1S/C19H17Cl2F3N2O5S/c1-3-31-18(28)13-9-12(5-7-14(13)20)25-17(27)10-26(32(2,29)30)16-8-11(19(22,23)24)4-6-15(16)21/h4-9H,3,10H2,1-2H3,(H,25,27). The molecule has 13 heteroatoms. The fourth-order valence-electron chi connectivity index (χ4n) is 2.56. The monoisotopic (exact) mass is 512 g/mol. The summed E-state index contributed by atoms with van der Waals surface area (Å²) in [5.41, 5.74) is -1.59. The van der Waals surface area contributed by atoms with Crippen molar-refractivity contribution in [2.45, 2.75) is 13.1 Å². The maximum Gasteiger partial charge on any atom is 0.416 e. The first-order valence-corrected chi connectivity index (χ1v) is 11.5. The summed E-state index contributed by atoms with van der Waals surface area (Å²) in [6.07, 6.45) is -4.03. The number of ether oxygens (including phenoxy) is 1. The predicted octanol–water partition coefficient (Wildman–Crippen LogP) is 4.59. The first kappa shape index (κ1) is 25.8. The van der Waals surface area contributed by atoms with Crippen molar-refractivity contribution < 1.29 is 35.9 Å². The largest absolute Gasteiger partial charge is 0.462 e. The lowest BCUT2D eigenvalue weighted by Gasteiger charge is -2.24. The van der Waals surface area contributed by atoms with Gasteiger partial charge < -0.3 is 10.1 Å². The number of halogens is 5. The molecule has 0 atom stereocenters. The van der Waals surface area contributed by atoms with E-state index in [-0.39, 0.29) is 27.9 Å². The van der Waals surface area contributed by atoms with Gasteiger partial charge in [-0.25, -0.2) is 13.2 Å². The first-order valence-electron chi connectivity index (χ1n) is 8.85. The molecule has 0 heterocycles. The average Bonchev–Trinajstić information content (AvgIpc) is 2.66. The molecule has 32 heavy (non-hydrogen) atoms. The number of anilines is 2. The highest BCUT2D eigenvalue weighted by Gasteiger charge is 2.33. The van der Waals surface area contributed by atoms with Crippen molar-refractivity contribution in [2.75, 3.05) is 29.0 Å². The maximum absolute atomic E-state index is 13.1. The van der Waals surface area contributed by atoms with Crippen LogP contribution in [0.25, 0.3) is 0 Å². The molecular formula is C19H17Cl2F3N2O5S. The van der Waals surface area contributed by atoms with E-state index < -0.39 is 45.9 Å². The van der Waals surface area contributed by atoms with Gasteiger partial charge in [0.2, 0.25) is 15.9 Å². The van der Waals surface area contributed by atoms with Crippen LogP contribution in [0.15, 0.2) is 36.4 Å². The maximum atomic E-state index is 13.1. The lowest BCUT2D eigenvalue weighted by Crippen LogP contribution is -2.37. The molecule has 0 aliphatic rings. The zero-order valence-electron chi connectivity index (χ0n) is 16.7. The Morgan fingerprint density at radius 3 is 2.28 bits per heavy atom. The third-order valence-corrected chi connectivity index (χ3v) is 5.75. The molecule has 0 aliphatic heterocycles. The second-order valence-corrected chi connectivity index (χ2v) is 9.12. The summed E-state index contributed by atoms with van der Waals surface area (Å²) in [5, 5.41) is 2.13. The zero-order chi connectivity index (χ0) is 24.3. The van der Waals surface area contributed by atoms with Crippen molar-refractivity contribution in [2.24, 2.45) is 0 Å². The minimum Gasteiger partial charge on any atom is -0.462 e. The predicted molar refractivity (Wildman–Crippen MR) is 115 cm³/mol. The van der Waals surface area contributed by atoms with Gasteiger partial charge in [0.25, 0.3) is 0 Å². The van der Waals surface area contributed by atoms with Gasteiger partial charge >= 0.3 is 12.1 Å². The van der Waals surface area contributed by atoms with E-state index in [9.17, 15) is 31.2 Å². The smallest absolute Gasteiger partial charge is 0.416 e. The molecule has 0 aromatic heterocycles. The van der Waals surface area contributed by atoms with Gasteiger partial charge in [-0.2, -0.15) is 13.2 Å². The number of esters is 1. The molecule has 2 rings (SSSR count). The van der Waals surface area contributed by atoms with Crippen LogP contribution in [0.3, 0.4) is 0 Å². The van der Waals surface area contributed by atoms with E-state index in [2.05, 4.69) is 5.32 Å². The molecule has 0 saturated carbocycles. The van der Waals surface area contributed by atoms with Gasteiger partial charge in [-0.1, -0.05) is 23.2 Å². The molecule has 174 valence electrons. The van der Waals surface area contributed by atoms with Crippen molar-refractivity contribution in [3.05, 3.63) is 57.6 Å². The number of hydrogen-bond donors (Lipinski definition) is 1. The Morgan fingerprint density at radius 1 is 1.09 bits per heavy atom. The van der Waals surface area contributed by atoms with Crippen molar-refractivity contribution in [3.63, 3.8) is 0 Å². The number of amides is 1. The summed E-state index contributed by atoms with van der Waals surface area (Å²) in [5.74, 6) is -1.64. The van der Waals surface area contributed by atoms with Crippen LogP contribution >= 0.6 is 23.2 Å². The van der Waals surface area contributed by atoms with Gasteiger partial charge in [0.1, 0.15) is 6.54 Å². The van der Waals surface area contributed by atoms with Gasteiger partial charge in [-0.3, -0.25) is 9.10 Å². The Hall–Kier alpha value is -2.50. The number of nitrogens with one attached hydrogen (secondary N) is 1. The van der Waals surface area contributed by atoms with Crippen LogP contribution < -0.4 is 9.62 Å². The second kappa shape index (κ2) is 9.97. The summed E-state index contributed by atoms with van der Waals surface area (Å²) in [6, 6.07) is 6.02. The number of rotatable bonds is 7. The summed E-state index contributed by atoms with van der Waals surface area (Å²) >= 11 is 11.9. The van der Waals surface area contributed by atoms with E-state index in [1.165, 1.54) is 18.2 Å². The fourth-order valence-corrected chi connectivity index (χ4v) is 3.88. The zero-order valence-corrected chi connectivity index (χ0v) is 19.0. The van der Waals surface area contributed by atoms with Crippen LogP contribution in [0, 0.1) is 0 Å². The van der Waals surface area contributed by atoms with Crippen molar-refractivity contribution in [3.8, 4) is 0 Å². The number of alkyl halides is 3. The van der Waals surface area contributed by atoms with Gasteiger partial charge in [-0.05, 0) is 43.3 Å². The van der Waals surface area contributed by atoms with Crippen LogP contribution in [0.5, 0.6) is 0 Å². The molecule has 2 aromatic rings. The quantitative estimate of drug-likeness (QED) is 0.547. The summed E-state index contributed by atoms with van der Waals surface area (Å²) in [6.45, 7) is 0.806. The van der Waals surface area contributed by atoms with Crippen LogP contribution in [0.4, 0.5) is 24.5 Å². The van der Waals surface area contributed by atoms with Gasteiger partial charge in [0.15, 0.2) is 0 Å². The number of sulfonamides is 1. The van der Waals surface area contributed by atoms with Crippen LogP contribution in [0.1, 0.15) is 22.8 Å². The Bertz CT molecular complexity index is 1140. The number of carbonyl (C=O) groups excluding carboxylic acids is 2. The molecule has 1 amide bonds. The third kappa shape index (κ3) is 6.50. The highest BCUT2D eigenvalue weighted by atomic mass is 35.5. The van der Waals surface area contributed by atoms with E-state index >= 15 is 0 Å². The first-order chi connectivity index (χ1) is 14.7. The molecule has 0 aliphatic carbocycles. The van der Waals surface area contributed by atoms with E-state index in [1.807, 2.05) is 0 Å². The summed E-state index contributed by atoms with van der Waals surface area (Å²) < 4.78 is 68.9. The second-order valence-electron chi connectivity index (χ2n) is 6.40. The Labute approximate surface area is 192 Å². The van der Waals surface area contributed by atoms with E-state index in [1.54, 1.807) is 6.92 Å². The molecule has 0 fully saturated rings. The van der Waals surface area contributed by atoms with Gasteiger partial charge in [0, 0.05) is 5.69 Å². The van der Waals surface area contributed by atoms with Crippen molar-refractivity contribution >= 4 is 56.5 Å². The molecule has 7 nitrogen and oxygen atoms in total. The van der Waals surface area contributed by atoms with Gasteiger partial charge in [-0.15, -0.1) is 0 Å². The minimum absolute atomic E-state index is 0.0350. The third-order valence-electron chi connectivity index (χ3n) is 3.98. The highest BCUT2D eigenvalue weighted by Crippen LogP contribution is 2.36. The fraction of sp³-hybridized carbons (Fsp3) is 0.263. The van der Waals surface area contributed by atoms with E-state index in [0.717, 1.165) is 12.3 Å². The molecule has 0 unspecified atom stereocenters. The number of nitrogens with zero attached hydrogens (tertiary/aromatic N) is 1.